The van der Waals surface area contributed by atoms with Crippen molar-refractivity contribution in [3.05, 3.63) is 11.1 Å². The summed E-state index contributed by atoms with van der Waals surface area (Å²) in [5.74, 6) is 0. The van der Waals surface area contributed by atoms with Crippen LogP contribution in [0.15, 0.2) is 11.1 Å². The highest BCUT2D eigenvalue weighted by Gasteiger charge is 2.21. The van der Waals surface area contributed by atoms with Crippen LogP contribution in [0.1, 0.15) is 19.3 Å². The quantitative estimate of drug-likeness (QED) is 0.440. The molecule has 9 heavy (non-hydrogen) atoms. The van der Waals surface area contributed by atoms with E-state index in [1.54, 1.807) is 11.1 Å². The summed E-state index contributed by atoms with van der Waals surface area (Å²) in [6, 6.07) is 0. The molecule has 0 saturated heterocycles. The van der Waals surface area contributed by atoms with Gasteiger partial charge in [0.15, 0.2) is 0 Å². The summed E-state index contributed by atoms with van der Waals surface area (Å²) < 4.78 is 0. The van der Waals surface area contributed by atoms with E-state index in [9.17, 15) is 0 Å². The normalized spacial score (nSPS) is 27.7. The summed E-state index contributed by atoms with van der Waals surface area (Å²) in [5, 5.41) is 0. The van der Waals surface area contributed by atoms with E-state index >= 15 is 0 Å². The summed E-state index contributed by atoms with van der Waals surface area (Å²) in [4.78, 5) is 2.41. The second kappa shape index (κ2) is 1.84. The molecule has 1 nitrogen and oxygen atoms in total. The molecule has 0 unspecified atom stereocenters. The minimum atomic E-state index is 1.26. The predicted octanol–water partition coefficient (Wildman–Crippen LogP) is 1.41. The second-order valence-corrected chi connectivity index (χ2v) is 3.19. The summed E-state index contributed by atoms with van der Waals surface area (Å²) in [6.07, 6.45) is 4.15. The molecule has 50 valence electrons. The first-order chi connectivity index (χ1) is 4.36. The van der Waals surface area contributed by atoms with Crippen LogP contribution in [-0.2, 0) is 0 Å². The van der Waals surface area contributed by atoms with E-state index in [2.05, 4.69) is 11.9 Å². The Morgan fingerprint density at radius 3 is 2.33 bits per heavy atom. The van der Waals surface area contributed by atoms with Crippen LogP contribution in [0.4, 0.5) is 0 Å². The molecule has 1 heteroatoms. The molecule has 0 atom stereocenters. The second-order valence-electron chi connectivity index (χ2n) is 3.19. The highest BCUT2D eigenvalue weighted by atomic mass is 15.1. The van der Waals surface area contributed by atoms with Crippen molar-refractivity contribution in [1.82, 2.24) is 4.90 Å². The molecule has 0 aromatic carbocycles. The van der Waals surface area contributed by atoms with Gasteiger partial charge in [-0.25, -0.2) is 0 Å². The third kappa shape index (κ3) is 0.799. The molecular formula is C8H13N. The fraction of sp³-hybridized carbons (Fsp3) is 0.750. The van der Waals surface area contributed by atoms with Gasteiger partial charge in [-0.1, -0.05) is 11.1 Å². The van der Waals surface area contributed by atoms with Crippen molar-refractivity contribution in [3.8, 4) is 0 Å². The molecular weight excluding hydrogens is 110 g/mol. The van der Waals surface area contributed by atoms with Gasteiger partial charge < -0.3 is 4.90 Å². The van der Waals surface area contributed by atoms with Crippen molar-refractivity contribution in [3.63, 3.8) is 0 Å². The Morgan fingerprint density at radius 1 is 1.11 bits per heavy atom. The summed E-state index contributed by atoms with van der Waals surface area (Å²) >= 11 is 0. The lowest BCUT2D eigenvalue weighted by Crippen LogP contribution is -2.31. The lowest BCUT2D eigenvalue weighted by molar-refractivity contribution is 0.325. The Labute approximate surface area is 56.4 Å². The van der Waals surface area contributed by atoms with Crippen molar-refractivity contribution in [2.24, 2.45) is 0 Å². The minimum absolute atomic E-state index is 1.26. The zero-order chi connectivity index (χ0) is 6.27. The molecule has 0 bridgehead atoms. The van der Waals surface area contributed by atoms with Crippen LogP contribution in [0.2, 0.25) is 0 Å². The van der Waals surface area contributed by atoms with Crippen LogP contribution in [0.3, 0.4) is 0 Å². The fourth-order valence-corrected chi connectivity index (χ4v) is 1.70. The third-order valence-electron chi connectivity index (χ3n) is 2.48. The molecule has 0 aromatic rings. The molecule has 1 aliphatic carbocycles. The van der Waals surface area contributed by atoms with Gasteiger partial charge in [-0.05, 0) is 26.3 Å². The maximum Gasteiger partial charge on any atom is 0.0192 e. The van der Waals surface area contributed by atoms with Crippen LogP contribution < -0.4 is 0 Å². The minimum Gasteiger partial charge on any atom is -0.302 e. The zero-order valence-electron chi connectivity index (χ0n) is 5.98. The summed E-state index contributed by atoms with van der Waals surface area (Å²) in [7, 11) is 2.21. The van der Waals surface area contributed by atoms with E-state index in [1.165, 1.54) is 32.4 Å². The SMILES string of the molecule is CN1CCC2=C(CC2)C1. The van der Waals surface area contributed by atoms with Crippen LogP contribution in [0.5, 0.6) is 0 Å². The van der Waals surface area contributed by atoms with Gasteiger partial charge >= 0.3 is 0 Å². The van der Waals surface area contributed by atoms with Crippen molar-refractivity contribution in [1.29, 1.82) is 0 Å². The average Bonchev–Trinajstić information content (AvgIpc) is 1.78. The van der Waals surface area contributed by atoms with Crippen molar-refractivity contribution >= 4 is 0 Å². The van der Waals surface area contributed by atoms with Gasteiger partial charge in [-0.3, -0.25) is 0 Å². The number of hydrogen-bond acceptors (Lipinski definition) is 1. The van der Waals surface area contributed by atoms with Crippen molar-refractivity contribution in [2.45, 2.75) is 19.3 Å². The van der Waals surface area contributed by atoms with E-state index in [0.29, 0.717) is 0 Å². The van der Waals surface area contributed by atoms with Gasteiger partial charge in [-0.15, -0.1) is 0 Å². The standard InChI is InChI=1S/C8H13N/c1-9-5-4-7-2-3-8(7)6-9/h2-6H2,1H3. The van der Waals surface area contributed by atoms with Gasteiger partial charge in [0.25, 0.3) is 0 Å². The topological polar surface area (TPSA) is 3.24 Å². The molecule has 1 heterocycles. The van der Waals surface area contributed by atoms with Crippen LogP contribution in [0.25, 0.3) is 0 Å². The smallest absolute Gasteiger partial charge is 0.0192 e. The monoisotopic (exact) mass is 123 g/mol. The average molecular weight is 123 g/mol. The van der Waals surface area contributed by atoms with E-state index in [-0.39, 0.29) is 0 Å². The molecule has 0 radical (unpaired) electrons. The molecule has 0 fully saturated rings. The van der Waals surface area contributed by atoms with Gasteiger partial charge in [0, 0.05) is 13.1 Å². The van der Waals surface area contributed by atoms with Gasteiger partial charge in [0.05, 0.1) is 0 Å². The molecule has 0 aromatic heterocycles. The largest absolute Gasteiger partial charge is 0.302 e. The fourth-order valence-electron chi connectivity index (χ4n) is 1.70. The van der Waals surface area contributed by atoms with Crippen molar-refractivity contribution in [2.75, 3.05) is 20.1 Å². The highest BCUT2D eigenvalue weighted by molar-refractivity contribution is 5.27. The molecule has 0 amide bonds. The molecule has 0 spiro atoms. The lowest BCUT2D eigenvalue weighted by Gasteiger charge is -2.33. The Hall–Kier alpha value is -0.300. The first-order valence-electron chi connectivity index (χ1n) is 3.74. The Kier molecular flexibility index (Phi) is 1.12. The zero-order valence-corrected chi connectivity index (χ0v) is 5.98. The lowest BCUT2D eigenvalue weighted by atomic mass is 9.84. The molecule has 1 aliphatic heterocycles. The van der Waals surface area contributed by atoms with Crippen molar-refractivity contribution < 1.29 is 0 Å². The van der Waals surface area contributed by atoms with Crippen LogP contribution in [-0.4, -0.2) is 25.0 Å². The van der Waals surface area contributed by atoms with Gasteiger partial charge in [0.1, 0.15) is 0 Å². The number of nitrogens with zero attached hydrogens (tertiary/aromatic N) is 1. The molecule has 0 N–H and O–H groups in total. The molecule has 0 saturated carbocycles. The number of likely N-dealkylation sites (tertiary alicyclic amines) is 1. The van der Waals surface area contributed by atoms with Gasteiger partial charge in [-0.2, -0.15) is 0 Å². The van der Waals surface area contributed by atoms with Crippen LogP contribution in [0, 0.1) is 0 Å². The summed E-state index contributed by atoms with van der Waals surface area (Å²) in [6.45, 7) is 2.55. The maximum absolute atomic E-state index is 2.41. The number of rotatable bonds is 0. The molecule has 2 rings (SSSR count). The third-order valence-corrected chi connectivity index (χ3v) is 2.48. The van der Waals surface area contributed by atoms with E-state index in [0.717, 1.165) is 0 Å². The first kappa shape index (κ1) is 5.48. The Balaban J connectivity index is 2.13. The highest BCUT2D eigenvalue weighted by Crippen LogP contribution is 2.33. The van der Waals surface area contributed by atoms with Crippen LogP contribution >= 0.6 is 0 Å². The van der Waals surface area contributed by atoms with E-state index in [4.69, 9.17) is 0 Å². The molecule has 2 aliphatic rings. The maximum atomic E-state index is 2.41. The number of hydrogen-bond donors (Lipinski definition) is 0. The van der Waals surface area contributed by atoms with Gasteiger partial charge in [0.2, 0.25) is 0 Å². The van der Waals surface area contributed by atoms with E-state index in [1.807, 2.05) is 0 Å². The summed E-state index contributed by atoms with van der Waals surface area (Å²) in [5.41, 5.74) is 3.51. The Bertz CT molecular complexity index is 158. The predicted molar refractivity (Wildman–Crippen MR) is 38.4 cm³/mol. The number of likely N-dealkylation sites (N-methyl/N-ethyl adjacent to an activating group) is 1. The van der Waals surface area contributed by atoms with E-state index < -0.39 is 0 Å². The Morgan fingerprint density at radius 2 is 1.89 bits per heavy atom. The first-order valence-corrected chi connectivity index (χ1v) is 3.74.